The predicted octanol–water partition coefficient (Wildman–Crippen LogP) is 7.05. The Morgan fingerprint density at radius 2 is 1.79 bits per heavy atom. The second-order valence-corrected chi connectivity index (χ2v) is 11.1. The summed E-state index contributed by atoms with van der Waals surface area (Å²) in [6.07, 6.45) is 19.2. The van der Waals surface area contributed by atoms with Crippen molar-refractivity contribution in [2.24, 2.45) is 40.4 Å². The van der Waals surface area contributed by atoms with Gasteiger partial charge < -0.3 is 4.74 Å². The molecule has 7 unspecified atom stereocenters. The highest BCUT2D eigenvalue weighted by Gasteiger charge is 2.59. The van der Waals surface area contributed by atoms with Gasteiger partial charge in [-0.25, -0.2) is 0 Å². The van der Waals surface area contributed by atoms with Crippen LogP contribution in [-0.4, -0.2) is 12.6 Å². The maximum absolute atomic E-state index is 11.8. The predicted molar refractivity (Wildman–Crippen MR) is 125 cm³/mol. The van der Waals surface area contributed by atoms with E-state index in [0.717, 1.165) is 36.0 Å². The fraction of sp³-hybridized carbons (Fsp3) is 0.885. The lowest BCUT2D eigenvalue weighted by atomic mass is 9.45. The van der Waals surface area contributed by atoms with Crippen LogP contribution in [0.3, 0.4) is 0 Å². The summed E-state index contributed by atoms with van der Waals surface area (Å²) in [4.78, 5) is 11.8. The van der Waals surface area contributed by atoms with Crippen molar-refractivity contribution in [2.45, 2.75) is 97.3 Å². The zero-order valence-electron chi connectivity index (χ0n) is 18.9. The van der Waals surface area contributed by atoms with Gasteiger partial charge in [0.2, 0.25) is 0 Å². The Bertz CT molecular complexity index is 589. The maximum atomic E-state index is 11.8. The number of carbonyl (C=O) groups excluding carboxylic acids is 1. The molecule has 0 N–H and O–H groups in total. The van der Waals surface area contributed by atoms with Gasteiger partial charge in [-0.2, -0.15) is 13.5 Å². The van der Waals surface area contributed by atoms with Crippen molar-refractivity contribution in [3.8, 4) is 0 Å². The first-order valence-electron chi connectivity index (χ1n) is 12.3. The van der Waals surface area contributed by atoms with Gasteiger partial charge >= 0.3 is 5.97 Å². The first kappa shape index (κ1) is 23.2. The van der Waals surface area contributed by atoms with E-state index in [1.807, 2.05) is 0 Å². The van der Waals surface area contributed by atoms with Gasteiger partial charge in [-0.15, -0.1) is 0 Å². The molecule has 166 valence electrons. The number of ether oxygens (including phenoxy) is 1. The molecular formula is C26H44O2S. The van der Waals surface area contributed by atoms with Crippen molar-refractivity contribution in [2.75, 3.05) is 6.61 Å². The van der Waals surface area contributed by atoms with Crippen LogP contribution in [0.5, 0.6) is 0 Å². The molecule has 4 rings (SSSR count). The smallest absolute Gasteiger partial charge is 0.306 e. The first-order valence-corrected chi connectivity index (χ1v) is 12.3. The van der Waals surface area contributed by atoms with Crippen LogP contribution in [-0.2, 0) is 9.53 Å². The lowest BCUT2D eigenvalue weighted by molar-refractivity contribution is -0.142. The third-order valence-electron chi connectivity index (χ3n) is 10.1. The summed E-state index contributed by atoms with van der Waals surface area (Å²) in [5.74, 6) is 4.72. The molecule has 0 radical (unpaired) electrons. The molecule has 0 spiro atoms. The van der Waals surface area contributed by atoms with Gasteiger partial charge in [0, 0.05) is 6.42 Å². The zero-order valence-corrected chi connectivity index (χ0v) is 19.9. The summed E-state index contributed by atoms with van der Waals surface area (Å²) in [5, 5.41) is 0. The average molecular weight is 421 g/mol. The summed E-state index contributed by atoms with van der Waals surface area (Å²) in [6, 6.07) is 0. The molecule has 0 aromatic heterocycles. The van der Waals surface area contributed by atoms with Crippen LogP contribution in [0.1, 0.15) is 97.3 Å². The molecule has 2 nitrogen and oxygen atoms in total. The van der Waals surface area contributed by atoms with Gasteiger partial charge in [0.15, 0.2) is 0 Å². The van der Waals surface area contributed by atoms with Crippen LogP contribution in [0, 0.1) is 40.4 Å². The molecule has 29 heavy (non-hydrogen) atoms. The summed E-state index contributed by atoms with van der Waals surface area (Å²) in [6.45, 7) is 9.27. The average Bonchev–Trinajstić information content (AvgIpc) is 3.02. The molecule has 4 aliphatic rings. The number of carbonyl (C=O) groups is 1. The van der Waals surface area contributed by atoms with E-state index in [0.29, 0.717) is 23.9 Å². The van der Waals surface area contributed by atoms with E-state index in [9.17, 15) is 4.79 Å². The molecule has 7 atom stereocenters. The van der Waals surface area contributed by atoms with Gasteiger partial charge in [0.25, 0.3) is 0 Å². The largest absolute Gasteiger partial charge is 0.461 e. The third-order valence-corrected chi connectivity index (χ3v) is 10.1. The van der Waals surface area contributed by atoms with E-state index < -0.39 is 0 Å². The summed E-state index contributed by atoms with van der Waals surface area (Å²) < 4.78 is 5.16. The molecule has 0 aromatic rings. The van der Waals surface area contributed by atoms with Crippen molar-refractivity contribution in [3.63, 3.8) is 0 Å². The molecule has 0 bridgehead atoms. The first-order chi connectivity index (χ1) is 13.5. The van der Waals surface area contributed by atoms with Crippen LogP contribution in [0.25, 0.3) is 0 Å². The van der Waals surface area contributed by atoms with Gasteiger partial charge in [0.05, 0.1) is 0 Å². The monoisotopic (exact) mass is 420 g/mol. The minimum absolute atomic E-state index is 0. The SMILES string of the molecule is C=CCOC(=O)CCCC1CCC2C3CCC4CCCCC4(C)C3CCC12C.S. The van der Waals surface area contributed by atoms with Crippen molar-refractivity contribution in [1.82, 2.24) is 0 Å². The Morgan fingerprint density at radius 3 is 2.59 bits per heavy atom. The Labute approximate surface area is 186 Å². The molecule has 4 aliphatic carbocycles. The number of hydrogen-bond donors (Lipinski definition) is 0. The Morgan fingerprint density at radius 1 is 1.00 bits per heavy atom. The van der Waals surface area contributed by atoms with Gasteiger partial charge in [-0.3, -0.25) is 4.79 Å². The van der Waals surface area contributed by atoms with Gasteiger partial charge in [-0.1, -0.05) is 39.3 Å². The highest BCUT2D eigenvalue weighted by Crippen LogP contribution is 2.67. The lowest BCUT2D eigenvalue weighted by Crippen LogP contribution is -2.52. The van der Waals surface area contributed by atoms with E-state index in [-0.39, 0.29) is 19.5 Å². The standard InChI is InChI=1S/C26H42O2.H2S/c1-4-18-28-24(27)10-7-9-20-12-14-22-21-13-11-19-8-5-6-16-25(19,2)23(21)15-17-26(20,22)3;/h4,19-23H,1,5-18H2,2-3H3;1H2. The number of fused-ring (bicyclic) bond motifs is 5. The van der Waals surface area contributed by atoms with Crippen LogP contribution in [0.2, 0.25) is 0 Å². The summed E-state index contributed by atoms with van der Waals surface area (Å²) in [5.41, 5.74) is 1.18. The Hall–Kier alpha value is -0.440. The van der Waals surface area contributed by atoms with Crippen LogP contribution in [0.4, 0.5) is 0 Å². The molecular weight excluding hydrogens is 376 g/mol. The van der Waals surface area contributed by atoms with E-state index in [1.165, 1.54) is 70.6 Å². The van der Waals surface area contributed by atoms with Crippen LogP contribution < -0.4 is 0 Å². The normalized spacial score (nSPS) is 43.3. The van der Waals surface area contributed by atoms with Crippen LogP contribution >= 0.6 is 13.5 Å². The van der Waals surface area contributed by atoms with Crippen molar-refractivity contribution >= 4 is 19.5 Å². The highest BCUT2D eigenvalue weighted by atomic mass is 32.1. The van der Waals surface area contributed by atoms with Crippen molar-refractivity contribution in [1.29, 1.82) is 0 Å². The maximum Gasteiger partial charge on any atom is 0.306 e. The topological polar surface area (TPSA) is 26.3 Å². The zero-order chi connectivity index (χ0) is 19.8. The van der Waals surface area contributed by atoms with Crippen molar-refractivity contribution < 1.29 is 9.53 Å². The molecule has 4 saturated carbocycles. The Balaban J connectivity index is 0.00000240. The van der Waals surface area contributed by atoms with Gasteiger partial charge in [-0.05, 0) is 105 Å². The number of rotatable bonds is 6. The number of hydrogen-bond acceptors (Lipinski definition) is 2. The Kier molecular flexibility index (Phi) is 7.50. The second kappa shape index (κ2) is 9.37. The summed E-state index contributed by atoms with van der Waals surface area (Å²) >= 11 is 0. The molecule has 3 heteroatoms. The molecule has 0 aliphatic heterocycles. The third kappa shape index (κ3) is 4.19. The lowest BCUT2D eigenvalue weighted by Gasteiger charge is -2.60. The van der Waals surface area contributed by atoms with Crippen LogP contribution in [0.15, 0.2) is 12.7 Å². The summed E-state index contributed by atoms with van der Waals surface area (Å²) in [7, 11) is 0. The molecule has 0 amide bonds. The molecule has 4 fully saturated rings. The van der Waals surface area contributed by atoms with E-state index in [2.05, 4.69) is 20.4 Å². The van der Waals surface area contributed by atoms with Gasteiger partial charge in [0.1, 0.15) is 6.61 Å². The number of esters is 1. The molecule has 0 saturated heterocycles. The quantitative estimate of drug-likeness (QED) is 0.340. The van der Waals surface area contributed by atoms with E-state index in [1.54, 1.807) is 6.08 Å². The van der Waals surface area contributed by atoms with Crippen molar-refractivity contribution in [3.05, 3.63) is 12.7 Å². The fourth-order valence-corrected chi connectivity index (χ4v) is 8.60. The molecule has 0 heterocycles. The minimum atomic E-state index is -0.0492. The highest BCUT2D eigenvalue weighted by molar-refractivity contribution is 7.59. The minimum Gasteiger partial charge on any atom is -0.461 e. The van der Waals surface area contributed by atoms with E-state index >= 15 is 0 Å². The fourth-order valence-electron chi connectivity index (χ4n) is 8.60. The second-order valence-electron chi connectivity index (χ2n) is 11.1. The van der Waals surface area contributed by atoms with E-state index in [4.69, 9.17) is 4.74 Å². The molecule has 0 aromatic carbocycles.